The summed E-state index contributed by atoms with van der Waals surface area (Å²) in [6.07, 6.45) is 0.314. The van der Waals surface area contributed by atoms with Gasteiger partial charge < -0.3 is 14.9 Å². The van der Waals surface area contributed by atoms with Gasteiger partial charge in [-0.1, -0.05) is 17.7 Å². The van der Waals surface area contributed by atoms with E-state index in [2.05, 4.69) is 23.9 Å². The molecule has 0 aliphatic carbocycles. The predicted molar refractivity (Wildman–Crippen MR) is 79.7 cm³/mol. The van der Waals surface area contributed by atoms with Gasteiger partial charge in [-0.15, -0.1) is 0 Å². The predicted octanol–water partition coefficient (Wildman–Crippen LogP) is 2.02. The monoisotopic (exact) mass is 300 g/mol. The first-order chi connectivity index (χ1) is 9.47. The molecule has 1 N–H and O–H groups in total. The molecule has 0 bridgehead atoms. The largest absolute Gasteiger partial charge is 0.393 e. The van der Waals surface area contributed by atoms with E-state index in [0.717, 1.165) is 19.6 Å². The third-order valence-corrected chi connectivity index (χ3v) is 4.38. The summed E-state index contributed by atoms with van der Waals surface area (Å²) >= 11 is 6.00. The zero-order valence-electron chi connectivity index (χ0n) is 12.0. The average molecular weight is 301 g/mol. The van der Waals surface area contributed by atoms with Crippen LogP contribution in [0.4, 0.5) is 4.39 Å². The van der Waals surface area contributed by atoms with Crippen molar-refractivity contribution in [2.24, 2.45) is 0 Å². The minimum absolute atomic E-state index is 0.263. The van der Waals surface area contributed by atoms with Crippen LogP contribution < -0.4 is 0 Å². The topological polar surface area (TPSA) is 26.7 Å². The Morgan fingerprint density at radius 1 is 1.40 bits per heavy atom. The summed E-state index contributed by atoms with van der Waals surface area (Å²) in [4.78, 5) is 4.51. The molecular formula is C15H22ClFN2O. The van der Waals surface area contributed by atoms with Crippen molar-refractivity contribution in [1.82, 2.24) is 9.80 Å². The van der Waals surface area contributed by atoms with Crippen LogP contribution in [0.1, 0.15) is 12.0 Å². The molecule has 5 heteroatoms. The zero-order valence-corrected chi connectivity index (χ0v) is 12.8. The number of rotatable bonds is 4. The fourth-order valence-electron chi connectivity index (χ4n) is 2.72. The van der Waals surface area contributed by atoms with Gasteiger partial charge in [0, 0.05) is 42.7 Å². The van der Waals surface area contributed by atoms with E-state index in [4.69, 9.17) is 11.6 Å². The Balaban J connectivity index is 1.96. The summed E-state index contributed by atoms with van der Waals surface area (Å²) in [6, 6.07) is 4.92. The van der Waals surface area contributed by atoms with Crippen molar-refractivity contribution < 1.29 is 9.50 Å². The molecular weight excluding hydrogens is 279 g/mol. The first kappa shape index (κ1) is 15.7. The van der Waals surface area contributed by atoms with E-state index >= 15 is 0 Å². The molecule has 0 radical (unpaired) electrons. The van der Waals surface area contributed by atoms with Gasteiger partial charge in [-0.2, -0.15) is 0 Å². The second-order valence-corrected chi connectivity index (χ2v) is 6.10. The first-order valence-electron chi connectivity index (χ1n) is 6.97. The Morgan fingerprint density at radius 2 is 2.15 bits per heavy atom. The van der Waals surface area contributed by atoms with Gasteiger partial charge in [-0.25, -0.2) is 4.39 Å². The van der Waals surface area contributed by atoms with Crippen LogP contribution in [0.5, 0.6) is 0 Å². The lowest BCUT2D eigenvalue weighted by Crippen LogP contribution is -2.51. The molecule has 0 amide bonds. The third-order valence-electron chi connectivity index (χ3n) is 4.03. The number of aliphatic hydroxyl groups excluding tert-OH is 1. The summed E-state index contributed by atoms with van der Waals surface area (Å²) in [5.41, 5.74) is 0.411. The van der Waals surface area contributed by atoms with E-state index < -0.39 is 6.10 Å². The van der Waals surface area contributed by atoms with Crippen molar-refractivity contribution in [2.75, 3.05) is 33.7 Å². The maximum absolute atomic E-state index is 13.7. The Hall–Kier alpha value is -0.680. The number of nitrogens with zero attached hydrogens (tertiary/aromatic N) is 2. The number of hydrogen-bond donors (Lipinski definition) is 1. The highest BCUT2D eigenvalue weighted by atomic mass is 35.5. The molecule has 112 valence electrons. The Morgan fingerprint density at radius 3 is 2.85 bits per heavy atom. The van der Waals surface area contributed by atoms with E-state index in [0.29, 0.717) is 23.0 Å². The van der Waals surface area contributed by atoms with Gasteiger partial charge in [0.25, 0.3) is 0 Å². The molecule has 0 spiro atoms. The van der Waals surface area contributed by atoms with Gasteiger partial charge in [0.2, 0.25) is 0 Å². The molecule has 1 aromatic rings. The van der Waals surface area contributed by atoms with Gasteiger partial charge in [0.15, 0.2) is 0 Å². The number of likely N-dealkylation sites (N-methyl/N-ethyl adjacent to an activating group) is 2. The van der Waals surface area contributed by atoms with Crippen LogP contribution in [-0.2, 0) is 6.42 Å². The van der Waals surface area contributed by atoms with Gasteiger partial charge in [-0.05, 0) is 32.6 Å². The Bertz CT molecular complexity index is 437. The van der Waals surface area contributed by atoms with E-state index in [-0.39, 0.29) is 12.2 Å². The van der Waals surface area contributed by atoms with Crippen molar-refractivity contribution in [1.29, 1.82) is 0 Å². The van der Waals surface area contributed by atoms with Crippen LogP contribution in [0, 0.1) is 5.82 Å². The molecule has 1 fully saturated rings. The minimum atomic E-state index is -0.580. The van der Waals surface area contributed by atoms with Gasteiger partial charge in [-0.3, -0.25) is 0 Å². The highest BCUT2D eigenvalue weighted by Gasteiger charge is 2.25. The SMILES string of the molecule is CN1CCN(C)C(CC(O)Cc2c(F)cccc2Cl)C1. The van der Waals surface area contributed by atoms with E-state index in [9.17, 15) is 9.50 Å². The fraction of sp³-hybridized carbons (Fsp3) is 0.600. The number of benzene rings is 1. The fourth-order valence-corrected chi connectivity index (χ4v) is 2.96. The van der Waals surface area contributed by atoms with E-state index in [1.54, 1.807) is 12.1 Å². The minimum Gasteiger partial charge on any atom is -0.393 e. The third kappa shape index (κ3) is 3.92. The summed E-state index contributed by atoms with van der Waals surface area (Å²) in [7, 11) is 4.15. The van der Waals surface area contributed by atoms with E-state index in [1.807, 2.05) is 0 Å². The molecule has 20 heavy (non-hydrogen) atoms. The molecule has 1 heterocycles. The Labute approximate surface area is 124 Å². The van der Waals surface area contributed by atoms with Crippen LogP contribution in [0.25, 0.3) is 0 Å². The summed E-state index contributed by atoms with van der Waals surface area (Å²) in [5.74, 6) is -0.342. The quantitative estimate of drug-likeness (QED) is 0.921. The van der Waals surface area contributed by atoms with Crippen molar-refractivity contribution in [3.63, 3.8) is 0 Å². The standard InChI is InChI=1S/C15H22ClFN2O/c1-18-6-7-19(2)11(10-18)8-12(20)9-13-14(16)4-3-5-15(13)17/h3-5,11-12,20H,6-10H2,1-2H3. The normalized spacial score (nSPS) is 22.9. The summed E-state index contributed by atoms with van der Waals surface area (Å²) in [5, 5.41) is 10.6. The second-order valence-electron chi connectivity index (χ2n) is 5.69. The Kier molecular flexibility index (Phi) is 5.38. The number of halogens is 2. The van der Waals surface area contributed by atoms with Crippen LogP contribution in [0.3, 0.4) is 0 Å². The number of hydrogen-bond acceptors (Lipinski definition) is 3. The summed E-state index contributed by atoms with van der Waals surface area (Å²) < 4.78 is 13.7. The van der Waals surface area contributed by atoms with Gasteiger partial charge in [0.05, 0.1) is 6.10 Å². The van der Waals surface area contributed by atoms with Gasteiger partial charge >= 0.3 is 0 Å². The molecule has 3 nitrogen and oxygen atoms in total. The van der Waals surface area contributed by atoms with E-state index in [1.165, 1.54) is 6.07 Å². The lowest BCUT2D eigenvalue weighted by atomic mass is 9.99. The van der Waals surface area contributed by atoms with Crippen molar-refractivity contribution >= 4 is 11.6 Å². The number of aliphatic hydroxyl groups is 1. The van der Waals surface area contributed by atoms with Gasteiger partial charge in [0.1, 0.15) is 5.82 Å². The molecule has 2 rings (SSSR count). The molecule has 2 atom stereocenters. The molecule has 0 aromatic heterocycles. The van der Waals surface area contributed by atoms with Crippen LogP contribution in [0.2, 0.25) is 5.02 Å². The molecule has 1 aliphatic heterocycles. The van der Waals surface area contributed by atoms with Crippen LogP contribution >= 0.6 is 11.6 Å². The summed E-state index contributed by atoms with van der Waals surface area (Å²) in [6.45, 7) is 2.97. The second kappa shape index (κ2) is 6.85. The highest BCUT2D eigenvalue weighted by molar-refractivity contribution is 6.31. The molecule has 1 aliphatic rings. The number of piperazine rings is 1. The zero-order chi connectivity index (χ0) is 14.7. The maximum Gasteiger partial charge on any atom is 0.127 e. The van der Waals surface area contributed by atoms with Crippen LogP contribution in [-0.4, -0.2) is 60.8 Å². The molecule has 1 saturated heterocycles. The van der Waals surface area contributed by atoms with Crippen molar-refractivity contribution in [3.8, 4) is 0 Å². The lowest BCUT2D eigenvalue weighted by molar-refractivity contribution is 0.0636. The van der Waals surface area contributed by atoms with Crippen molar-refractivity contribution in [2.45, 2.75) is 25.0 Å². The highest BCUT2D eigenvalue weighted by Crippen LogP contribution is 2.22. The molecule has 1 aromatic carbocycles. The smallest absolute Gasteiger partial charge is 0.127 e. The average Bonchev–Trinajstić information content (AvgIpc) is 2.38. The first-order valence-corrected chi connectivity index (χ1v) is 7.35. The molecule has 2 unspecified atom stereocenters. The maximum atomic E-state index is 13.7. The molecule has 0 saturated carbocycles. The lowest BCUT2D eigenvalue weighted by Gasteiger charge is -2.38. The van der Waals surface area contributed by atoms with Crippen molar-refractivity contribution in [3.05, 3.63) is 34.6 Å². The van der Waals surface area contributed by atoms with Crippen LogP contribution in [0.15, 0.2) is 18.2 Å².